The molecule has 0 bridgehead atoms. The Bertz CT molecular complexity index is 1420. The monoisotopic (exact) mass is 545 g/mol. The van der Waals surface area contributed by atoms with Crippen molar-refractivity contribution < 1.29 is 9.53 Å². The average Bonchev–Trinajstić information content (AvgIpc) is 3.41. The maximum Gasteiger partial charge on any atom is 0.248 e. The molecule has 2 atom stereocenters. The lowest BCUT2D eigenvalue weighted by molar-refractivity contribution is 0.1000. The van der Waals surface area contributed by atoms with E-state index in [-0.39, 0.29) is 5.54 Å². The first-order chi connectivity index (χ1) is 20.1. The Morgan fingerprint density at radius 1 is 1.02 bits per heavy atom. The molecule has 0 spiro atoms. The number of nitrogens with two attached hydrogens (primary N) is 1. The van der Waals surface area contributed by atoms with Crippen LogP contribution in [0.5, 0.6) is 5.75 Å². The fourth-order valence-corrected chi connectivity index (χ4v) is 6.61. The standard InChI is InChI=1S/C36H39N3O2/c37-26-28-17-15-27(16-18-28)23-32-19-21-39-36(32,20-8-22-41-33-14-7-13-31(24-33)35(38)40)25-34(29-9-3-1-4-10-29)30-11-5-2-6-12-30/h1,3-4,7,9-10,13-19,21,24,30,34H,2,5-6,8,11-12,20,22-23,25H2,(H2,38,40). The molecule has 1 amide bonds. The number of ether oxygens (including phenoxy) is 1. The summed E-state index contributed by atoms with van der Waals surface area (Å²) in [6.07, 6.45) is 14.2. The van der Waals surface area contributed by atoms with Gasteiger partial charge >= 0.3 is 0 Å². The van der Waals surface area contributed by atoms with E-state index in [2.05, 4.69) is 54.6 Å². The molecule has 3 aromatic rings. The van der Waals surface area contributed by atoms with Crippen molar-refractivity contribution in [3.8, 4) is 11.8 Å². The van der Waals surface area contributed by atoms with Gasteiger partial charge in [0.05, 0.1) is 23.8 Å². The van der Waals surface area contributed by atoms with Crippen LogP contribution in [0.2, 0.25) is 0 Å². The van der Waals surface area contributed by atoms with Crippen LogP contribution in [0, 0.1) is 17.2 Å². The molecule has 2 N–H and O–H groups in total. The number of rotatable bonds is 12. The number of hydrogen-bond donors (Lipinski definition) is 1. The first-order valence-corrected chi connectivity index (χ1v) is 14.9. The highest BCUT2D eigenvalue weighted by molar-refractivity contribution is 5.93. The number of hydrogen-bond acceptors (Lipinski definition) is 4. The number of primary amides is 1. The van der Waals surface area contributed by atoms with Gasteiger partial charge in [-0.15, -0.1) is 0 Å². The van der Waals surface area contributed by atoms with Gasteiger partial charge in [-0.05, 0) is 103 Å². The Labute approximate surface area is 243 Å². The van der Waals surface area contributed by atoms with Crippen molar-refractivity contribution in [2.45, 2.75) is 69.2 Å². The molecule has 2 aliphatic rings. The van der Waals surface area contributed by atoms with Gasteiger partial charge in [0.15, 0.2) is 0 Å². The van der Waals surface area contributed by atoms with Crippen LogP contribution in [0.25, 0.3) is 0 Å². The summed E-state index contributed by atoms with van der Waals surface area (Å²) in [5.74, 6) is 1.29. The van der Waals surface area contributed by atoms with Gasteiger partial charge in [0, 0.05) is 11.8 Å². The Hall–Kier alpha value is -4.17. The van der Waals surface area contributed by atoms with E-state index in [1.807, 2.05) is 24.4 Å². The molecule has 41 heavy (non-hydrogen) atoms. The van der Waals surface area contributed by atoms with E-state index < -0.39 is 5.91 Å². The van der Waals surface area contributed by atoms with Crippen molar-refractivity contribution in [3.63, 3.8) is 0 Å². The number of carbonyl (C=O) groups excluding carboxylic acids is 1. The molecule has 1 aliphatic heterocycles. The van der Waals surface area contributed by atoms with Crippen LogP contribution in [0.1, 0.15) is 84.3 Å². The van der Waals surface area contributed by atoms with Gasteiger partial charge < -0.3 is 10.5 Å². The Kier molecular flexibility index (Phi) is 9.31. The van der Waals surface area contributed by atoms with Crippen LogP contribution in [0.15, 0.2) is 95.5 Å². The van der Waals surface area contributed by atoms with Gasteiger partial charge in [-0.1, -0.05) is 67.8 Å². The van der Waals surface area contributed by atoms with Gasteiger partial charge in [-0.3, -0.25) is 9.79 Å². The summed E-state index contributed by atoms with van der Waals surface area (Å²) < 4.78 is 6.08. The second-order valence-electron chi connectivity index (χ2n) is 11.5. The highest BCUT2D eigenvalue weighted by atomic mass is 16.5. The van der Waals surface area contributed by atoms with E-state index in [0.29, 0.717) is 35.3 Å². The number of benzene rings is 3. The molecule has 1 saturated carbocycles. The second kappa shape index (κ2) is 13.5. The lowest BCUT2D eigenvalue weighted by Crippen LogP contribution is -2.34. The summed E-state index contributed by atoms with van der Waals surface area (Å²) in [5.41, 5.74) is 10.2. The quantitative estimate of drug-likeness (QED) is 0.238. The maximum atomic E-state index is 11.6. The number of nitriles is 1. The highest BCUT2D eigenvalue weighted by Gasteiger charge is 2.40. The third-order valence-corrected chi connectivity index (χ3v) is 8.80. The topological polar surface area (TPSA) is 88.5 Å². The molecule has 1 heterocycles. The number of allylic oxidation sites excluding steroid dienone is 1. The van der Waals surface area contributed by atoms with Crippen molar-refractivity contribution in [1.29, 1.82) is 5.26 Å². The highest BCUT2D eigenvalue weighted by Crippen LogP contribution is 2.46. The summed E-state index contributed by atoms with van der Waals surface area (Å²) in [4.78, 5) is 16.8. The van der Waals surface area contributed by atoms with Gasteiger partial charge in [0.1, 0.15) is 5.75 Å². The van der Waals surface area contributed by atoms with E-state index in [0.717, 1.165) is 25.7 Å². The van der Waals surface area contributed by atoms with Crippen molar-refractivity contribution in [1.82, 2.24) is 0 Å². The van der Waals surface area contributed by atoms with Gasteiger partial charge in [-0.2, -0.15) is 5.26 Å². The molecule has 1 fully saturated rings. The first-order valence-electron chi connectivity index (χ1n) is 14.9. The molecule has 3 aromatic carbocycles. The number of amides is 1. The van der Waals surface area contributed by atoms with E-state index in [4.69, 9.17) is 15.5 Å². The summed E-state index contributed by atoms with van der Waals surface area (Å²) in [5, 5.41) is 9.26. The Morgan fingerprint density at radius 3 is 2.54 bits per heavy atom. The molecular weight excluding hydrogens is 506 g/mol. The van der Waals surface area contributed by atoms with Crippen LogP contribution in [0.3, 0.4) is 0 Å². The molecule has 0 saturated heterocycles. The molecule has 1 aliphatic carbocycles. The van der Waals surface area contributed by atoms with Crippen LogP contribution in [-0.4, -0.2) is 24.3 Å². The molecule has 5 nitrogen and oxygen atoms in total. The second-order valence-corrected chi connectivity index (χ2v) is 11.5. The van der Waals surface area contributed by atoms with Gasteiger partial charge in [0.25, 0.3) is 0 Å². The van der Waals surface area contributed by atoms with Crippen molar-refractivity contribution in [2.75, 3.05) is 6.61 Å². The zero-order valence-corrected chi connectivity index (χ0v) is 23.7. The molecule has 0 aromatic heterocycles. The Morgan fingerprint density at radius 2 is 1.80 bits per heavy atom. The average molecular weight is 546 g/mol. The summed E-state index contributed by atoms with van der Waals surface area (Å²) in [7, 11) is 0. The fourth-order valence-electron chi connectivity index (χ4n) is 6.61. The van der Waals surface area contributed by atoms with Crippen LogP contribution >= 0.6 is 0 Å². The van der Waals surface area contributed by atoms with Gasteiger partial charge in [0.2, 0.25) is 5.91 Å². The maximum absolute atomic E-state index is 11.6. The van der Waals surface area contributed by atoms with E-state index in [1.165, 1.54) is 48.8 Å². The first kappa shape index (κ1) is 28.4. The number of carbonyl (C=O) groups is 1. The smallest absolute Gasteiger partial charge is 0.248 e. The van der Waals surface area contributed by atoms with Crippen LogP contribution in [0.4, 0.5) is 0 Å². The zero-order chi connectivity index (χ0) is 28.5. The molecule has 5 heteroatoms. The minimum Gasteiger partial charge on any atom is -0.494 e. The normalized spacial score (nSPS) is 19.3. The van der Waals surface area contributed by atoms with Crippen molar-refractivity contribution in [3.05, 3.63) is 113 Å². The van der Waals surface area contributed by atoms with Gasteiger partial charge in [-0.25, -0.2) is 0 Å². The van der Waals surface area contributed by atoms with E-state index in [9.17, 15) is 10.1 Å². The SMILES string of the molecule is N#Cc1ccc(CC2=CC=NC2(CCCOc2cccc(C(N)=O)c2)CC(c2ccccc2)C2CCCCC2)cc1. The predicted molar refractivity (Wildman–Crippen MR) is 164 cm³/mol. The lowest BCUT2D eigenvalue weighted by Gasteiger charge is -2.39. The largest absolute Gasteiger partial charge is 0.494 e. The predicted octanol–water partition coefficient (Wildman–Crippen LogP) is 7.56. The van der Waals surface area contributed by atoms with Crippen molar-refractivity contribution >= 4 is 12.1 Å². The summed E-state index contributed by atoms with van der Waals surface area (Å²) in [6, 6.07) is 28.2. The van der Waals surface area contributed by atoms with E-state index in [1.54, 1.807) is 18.2 Å². The van der Waals surface area contributed by atoms with E-state index >= 15 is 0 Å². The van der Waals surface area contributed by atoms with Crippen LogP contribution in [-0.2, 0) is 6.42 Å². The molecular formula is C36H39N3O2. The molecule has 0 radical (unpaired) electrons. The van der Waals surface area contributed by atoms with Crippen molar-refractivity contribution in [2.24, 2.45) is 16.6 Å². The minimum absolute atomic E-state index is 0.315. The molecule has 210 valence electrons. The third-order valence-electron chi connectivity index (χ3n) is 8.80. The summed E-state index contributed by atoms with van der Waals surface area (Å²) in [6.45, 7) is 0.531. The third kappa shape index (κ3) is 7.13. The van der Waals surface area contributed by atoms with Crippen LogP contribution < -0.4 is 10.5 Å². The summed E-state index contributed by atoms with van der Waals surface area (Å²) >= 11 is 0. The minimum atomic E-state index is -0.457. The number of nitrogens with zero attached hydrogens (tertiary/aromatic N) is 2. The zero-order valence-electron chi connectivity index (χ0n) is 23.7. The Balaban J connectivity index is 1.38. The molecule has 5 rings (SSSR count). The molecule has 2 unspecified atom stereocenters. The number of aliphatic imine (C=N–C) groups is 1. The lowest BCUT2D eigenvalue weighted by atomic mass is 9.68. The fraction of sp³-hybridized carbons (Fsp3) is 0.361.